The van der Waals surface area contributed by atoms with Gasteiger partial charge in [-0.05, 0) is 104 Å². The minimum Gasteiger partial charge on any atom is -0.492 e. The van der Waals surface area contributed by atoms with Gasteiger partial charge in [-0.15, -0.1) is 0 Å². The molecule has 0 unspecified atom stereocenters. The van der Waals surface area contributed by atoms with E-state index in [-0.39, 0.29) is 56.5 Å². The molecule has 3 aromatic heterocycles. The van der Waals surface area contributed by atoms with Crippen molar-refractivity contribution in [2.45, 2.75) is 111 Å². The maximum Gasteiger partial charge on any atom is 0.341 e. The zero-order chi connectivity index (χ0) is 70.2. The van der Waals surface area contributed by atoms with E-state index in [1.54, 1.807) is 41.6 Å². The molecule has 4 aliphatic heterocycles. The molecule has 3 N–H and O–H groups in total. The number of methoxy groups -OCH3 is 5. The van der Waals surface area contributed by atoms with Crippen LogP contribution in [-0.4, -0.2) is 141 Å². The summed E-state index contributed by atoms with van der Waals surface area (Å²) in [5.41, 5.74) is 4.72. The van der Waals surface area contributed by atoms with E-state index >= 15 is 0 Å². The summed E-state index contributed by atoms with van der Waals surface area (Å²) in [5.74, 6) is 4.85. The number of carboxylic acids is 3. The summed E-state index contributed by atoms with van der Waals surface area (Å²) in [7, 11) is 8.32. The number of hydrogen-bond acceptors (Lipinski definition) is 14. The fraction of sp³-hybridized carbons (Fsp3) is 0.486. The summed E-state index contributed by atoms with van der Waals surface area (Å²) >= 11 is 19.7. The highest BCUT2D eigenvalue weighted by atomic mass is 35.5. The van der Waals surface area contributed by atoms with E-state index in [1.807, 2.05) is 44.0 Å². The number of aromatic nitrogens is 3. The summed E-state index contributed by atoms with van der Waals surface area (Å²) in [5, 5.41) is 29.9. The Balaban J connectivity index is 0.000000158. The minimum absolute atomic E-state index is 0.0935. The van der Waals surface area contributed by atoms with Gasteiger partial charge in [0.15, 0.2) is 16.3 Å². The van der Waals surface area contributed by atoms with Crippen LogP contribution in [0.5, 0.6) is 11.5 Å². The largest absolute Gasteiger partial charge is 0.492 e. The number of hydrogen-bond donors (Lipinski definition) is 3. The lowest BCUT2D eigenvalue weighted by Crippen LogP contribution is -2.50. The number of carbonyl (C=O) groups is 3. The third-order valence-electron chi connectivity index (χ3n) is 19.6. The SMILES string of the molecule is COCC(C)(C)[C@@H]1Cc2cc(C#CC3CC3)c(Cl)cc2-c2cc(=O)c(C(=O)O)cn21.COCC(C)(C)[C@@H]1Cc2cc(OCC3CC(OC)C3)c(Cl)cc2-c2cc(=O)c(C(=O)O)cn21.COCC1(COc2cc3c(cc2Cl)-c2cc(=O)c(C(=O)O)cn2[C@H](C(C)(C)COC)C3)COC1. The van der Waals surface area contributed by atoms with Crippen LogP contribution in [0, 0.1) is 45.3 Å². The third kappa shape index (κ3) is 15.5. The van der Waals surface area contributed by atoms with Gasteiger partial charge in [0.1, 0.15) is 34.8 Å². The van der Waals surface area contributed by atoms with Crippen molar-refractivity contribution in [3.63, 3.8) is 0 Å². The Bertz CT molecular complexity index is 4280. The van der Waals surface area contributed by atoms with Gasteiger partial charge in [-0.25, -0.2) is 14.4 Å². The van der Waals surface area contributed by atoms with Crippen molar-refractivity contribution in [2.75, 3.05) is 88.4 Å². The standard InChI is InChI=1S/C25H30ClNO7.C25H30ClNO6.C24H24ClNO4/c1-24(2,10-31-3)22-6-15-5-21(34-14-25(11-32-4)12-33-13-25)18(26)7-16(15)19-8-20(28)17(23(29)30)9-27(19)22;1-25(2,13-31-3)23-8-15-7-22(33-12-14-5-16(6-14)32-4)19(26)9-17(15)20-10-21(28)18(24(29)30)11-27(20)23;1-24(2,13-30-3)22-9-16-8-15(7-6-14-4-5-14)19(25)10-17(16)20-11-21(27)18(23(28)29)12-26(20)22/h5,7-9,22H,6,10-14H2,1-4H3,(H,29,30);7,9-11,14,16,23H,5-6,8,12-13H2,1-4H3,(H,29,30);8,10-12,14,22H,4-5,9,13H2,1-3H3,(H,28,29)/t22-;14?,16?,23-;22-/m000/s1. The Labute approximate surface area is 578 Å². The molecule has 12 rings (SSSR count). The topological polar surface area (TPSA) is 252 Å². The fourth-order valence-electron chi connectivity index (χ4n) is 13.9. The lowest BCUT2D eigenvalue weighted by atomic mass is 9.77. The molecule has 3 atom stereocenters. The number of ether oxygens (including phenoxy) is 8. The first kappa shape index (κ1) is 72.5. The third-order valence-corrected chi connectivity index (χ3v) is 20.5. The van der Waals surface area contributed by atoms with Gasteiger partial charge >= 0.3 is 17.9 Å². The number of fused-ring (bicyclic) bond motifs is 9. The lowest BCUT2D eigenvalue weighted by molar-refractivity contribution is -0.159. The van der Waals surface area contributed by atoms with Crippen LogP contribution in [0.1, 0.15) is 139 Å². The number of halogens is 3. The predicted molar refractivity (Wildman–Crippen MR) is 369 cm³/mol. The number of aromatic carboxylic acids is 3. The summed E-state index contributed by atoms with van der Waals surface area (Å²) in [6.07, 6.45) is 10.8. The molecule has 2 aliphatic carbocycles. The highest BCUT2D eigenvalue weighted by Crippen LogP contribution is 2.49. The number of rotatable bonds is 21. The van der Waals surface area contributed by atoms with Crippen LogP contribution in [0.25, 0.3) is 33.8 Å². The molecule has 2 saturated carbocycles. The average Bonchev–Trinajstić information content (AvgIpc) is 1.56. The molecule has 20 nitrogen and oxygen atoms in total. The summed E-state index contributed by atoms with van der Waals surface area (Å²) in [6.45, 7) is 16.5. The summed E-state index contributed by atoms with van der Waals surface area (Å²) in [6, 6.07) is 15.2. The Hall–Kier alpha value is -7.29. The van der Waals surface area contributed by atoms with Gasteiger partial charge in [0.05, 0.1) is 89.9 Å². The zero-order valence-corrected chi connectivity index (χ0v) is 58.8. The van der Waals surface area contributed by atoms with Crippen LogP contribution in [0.3, 0.4) is 0 Å². The first-order chi connectivity index (χ1) is 46.0. The molecule has 518 valence electrons. The fourth-order valence-corrected chi connectivity index (χ4v) is 14.6. The monoisotopic (exact) mass is 1390 g/mol. The average molecular weight is 1390 g/mol. The Morgan fingerprint density at radius 2 is 0.938 bits per heavy atom. The molecule has 1 saturated heterocycles. The van der Waals surface area contributed by atoms with Crippen LogP contribution in [0.4, 0.5) is 0 Å². The quantitative estimate of drug-likeness (QED) is 0.0566. The van der Waals surface area contributed by atoms with E-state index < -0.39 is 34.2 Å². The highest BCUT2D eigenvalue weighted by Gasteiger charge is 2.43. The number of pyridine rings is 3. The summed E-state index contributed by atoms with van der Waals surface area (Å²) in [4.78, 5) is 72.5. The number of benzene rings is 3. The van der Waals surface area contributed by atoms with Crippen molar-refractivity contribution in [1.29, 1.82) is 0 Å². The highest BCUT2D eigenvalue weighted by molar-refractivity contribution is 6.33. The second-order valence-corrected chi connectivity index (χ2v) is 29.7. The van der Waals surface area contributed by atoms with Gasteiger partial charge in [-0.1, -0.05) is 88.2 Å². The van der Waals surface area contributed by atoms with E-state index in [4.69, 9.17) is 72.7 Å². The normalized spacial score (nSPS) is 19.3. The van der Waals surface area contributed by atoms with Crippen molar-refractivity contribution in [2.24, 2.45) is 33.5 Å². The van der Waals surface area contributed by atoms with Gasteiger partial charge in [0.25, 0.3) is 0 Å². The van der Waals surface area contributed by atoms with Gasteiger partial charge in [-0.2, -0.15) is 0 Å². The van der Waals surface area contributed by atoms with Crippen LogP contribution in [0.2, 0.25) is 15.1 Å². The molecular weight excluding hydrogens is 1310 g/mol. The maximum atomic E-state index is 12.6. The van der Waals surface area contributed by atoms with E-state index in [0.717, 1.165) is 64.6 Å². The maximum absolute atomic E-state index is 12.6. The van der Waals surface area contributed by atoms with E-state index in [1.165, 1.54) is 36.8 Å². The molecule has 6 aliphatic rings. The molecule has 97 heavy (non-hydrogen) atoms. The van der Waals surface area contributed by atoms with Crippen molar-refractivity contribution in [3.05, 3.63) is 158 Å². The van der Waals surface area contributed by atoms with Gasteiger partial charge in [0, 0.05) is 135 Å². The van der Waals surface area contributed by atoms with Crippen LogP contribution in [0.15, 0.2) is 87.6 Å². The first-order valence-electron chi connectivity index (χ1n) is 32.3. The minimum atomic E-state index is -1.25. The molecule has 23 heteroatoms. The molecule has 0 radical (unpaired) electrons. The Kier molecular flexibility index (Phi) is 21.9. The van der Waals surface area contributed by atoms with Crippen molar-refractivity contribution >= 4 is 52.7 Å². The van der Waals surface area contributed by atoms with Crippen LogP contribution < -0.4 is 25.8 Å². The van der Waals surface area contributed by atoms with Gasteiger partial charge < -0.3 is 66.9 Å². The number of carboxylic acid groups (broad SMARTS) is 3. The molecular formula is C74H84Cl3N3O17. The summed E-state index contributed by atoms with van der Waals surface area (Å²) < 4.78 is 50.3. The zero-order valence-electron chi connectivity index (χ0n) is 56.5. The molecule has 0 bridgehead atoms. The van der Waals surface area contributed by atoms with E-state index in [2.05, 4.69) is 53.4 Å². The molecule has 7 heterocycles. The first-order valence-corrected chi connectivity index (χ1v) is 33.4. The van der Waals surface area contributed by atoms with Crippen LogP contribution in [-0.2, 0) is 47.7 Å². The molecule has 3 fully saturated rings. The van der Waals surface area contributed by atoms with E-state index in [0.29, 0.717) is 134 Å². The van der Waals surface area contributed by atoms with Crippen molar-refractivity contribution in [3.8, 4) is 57.1 Å². The lowest BCUT2D eigenvalue weighted by Gasteiger charge is -2.41. The van der Waals surface area contributed by atoms with E-state index in [9.17, 15) is 44.1 Å². The second kappa shape index (κ2) is 29.3. The predicted octanol–water partition coefficient (Wildman–Crippen LogP) is 12.5. The molecule has 0 spiro atoms. The van der Waals surface area contributed by atoms with Gasteiger partial charge in [-0.3, -0.25) is 14.4 Å². The number of nitrogens with zero attached hydrogens (tertiary/aromatic N) is 3. The Morgan fingerprint density at radius 1 is 0.546 bits per heavy atom. The Morgan fingerprint density at radius 3 is 1.29 bits per heavy atom. The van der Waals surface area contributed by atoms with Crippen molar-refractivity contribution in [1.82, 2.24) is 13.7 Å². The molecule has 6 aromatic rings. The molecule has 0 amide bonds. The molecule has 3 aromatic carbocycles. The van der Waals surface area contributed by atoms with Crippen molar-refractivity contribution < 1.29 is 67.6 Å². The smallest absolute Gasteiger partial charge is 0.341 e. The van der Waals surface area contributed by atoms with Gasteiger partial charge in [0.2, 0.25) is 0 Å². The van der Waals surface area contributed by atoms with Crippen LogP contribution >= 0.6 is 34.8 Å². The second-order valence-electron chi connectivity index (χ2n) is 28.5.